The molecular weight excluding hydrogens is 242 g/mol. The SMILES string of the molecule is COc1cccc(-n2cccc2C=NNC(=N)N)c1. The lowest BCUT2D eigenvalue weighted by Crippen LogP contribution is -2.25. The van der Waals surface area contributed by atoms with Crippen molar-refractivity contribution >= 4 is 12.2 Å². The van der Waals surface area contributed by atoms with Crippen LogP contribution in [-0.4, -0.2) is 23.9 Å². The molecule has 0 aliphatic carbocycles. The molecule has 98 valence electrons. The Balaban J connectivity index is 2.27. The third kappa shape index (κ3) is 3.12. The molecule has 0 unspecified atom stereocenters. The number of aromatic nitrogens is 1. The zero-order chi connectivity index (χ0) is 13.7. The van der Waals surface area contributed by atoms with E-state index < -0.39 is 0 Å². The highest BCUT2D eigenvalue weighted by Crippen LogP contribution is 2.17. The lowest BCUT2D eigenvalue weighted by molar-refractivity contribution is 0.414. The maximum absolute atomic E-state index is 7.02. The maximum atomic E-state index is 7.02. The van der Waals surface area contributed by atoms with Crippen LogP contribution < -0.4 is 15.9 Å². The van der Waals surface area contributed by atoms with Crippen molar-refractivity contribution in [1.29, 1.82) is 5.41 Å². The van der Waals surface area contributed by atoms with Gasteiger partial charge in [0, 0.05) is 18.0 Å². The van der Waals surface area contributed by atoms with Gasteiger partial charge in [-0.25, -0.2) is 5.43 Å². The van der Waals surface area contributed by atoms with Crippen LogP contribution in [0.2, 0.25) is 0 Å². The van der Waals surface area contributed by atoms with E-state index in [9.17, 15) is 0 Å². The number of nitrogens with one attached hydrogen (secondary N) is 2. The lowest BCUT2D eigenvalue weighted by Gasteiger charge is -2.08. The molecule has 1 heterocycles. The van der Waals surface area contributed by atoms with Gasteiger partial charge in [0.15, 0.2) is 0 Å². The second-order valence-corrected chi connectivity index (χ2v) is 3.79. The van der Waals surface area contributed by atoms with Crippen molar-refractivity contribution in [2.75, 3.05) is 7.11 Å². The van der Waals surface area contributed by atoms with Gasteiger partial charge >= 0.3 is 0 Å². The molecule has 0 bridgehead atoms. The smallest absolute Gasteiger partial charge is 0.206 e. The number of hydrazone groups is 1. The molecular formula is C13H15N5O. The Hall–Kier alpha value is -2.76. The molecule has 1 aromatic carbocycles. The molecule has 6 nitrogen and oxygen atoms in total. The molecule has 6 heteroatoms. The summed E-state index contributed by atoms with van der Waals surface area (Å²) < 4.78 is 7.15. The third-order valence-electron chi connectivity index (χ3n) is 2.49. The first-order chi connectivity index (χ1) is 9.20. The van der Waals surface area contributed by atoms with Gasteiger partial charge in [-0.3, -0.25) is 5.41 Å². The fourth-order valence-corrected chi connectivity index (χ4v) is 1.66. The Labute approximate surface area is 111 Å². The summed E-state index contributed by atoms with van der Waals surface area (Å²) in [5, 5.41) is 10.9. The van der Waals surface area contributed by atoms with Crippen LogP contribution in [0.4, 0.5) is 0 Å². The molecule has 4 N–H and O–H groups in total. The highest BCUT2D eigenvalue weighted by Gasteiger charge is 2.02. The van der Waals surface area contributed by atoms with Gasteiger partial charge in [0.25, 0.3) is 0 Å². The summed E-state index contributed by atoms with van der Waals surface area (Å²) in [6.07, 6.45) is 3.52. The van der Waals surface area contributed by atoms with Crippen molar-refractivity contribution in [2.45, 2.75) is 0 Å². The fraction of sp³-hybridized carbons (Fsp3) is 0.0769. The van der Waals surface area contributed by atoms with E-state index in [2.05, 4.69) is 10.5 Å². The average molecular weight is 257 g/mol. The number of nitrogens with two attached hydrogens (primary N) is 1. The monoisotopic (exact) mass is 257 g/mol. The molecule has 0 saturated carbocycles. The molecule has 19 heavy (non-hydrogen) atoms. The number of nitrogens with zero attached hydrogens (tertiary/aromatic N) is 2. The Morgan fingerprint density at radius 2 is 2.26 bits per heavy atom. The molecule has 2 rings (SSSR count). The number of benzene rings is 1. The number of rotatable bonds is 4. The van der Waals surface area contributed by atoms with Gasteiger partial charge in [-0.1, -0.05) is 6.07 Å². The second kappa shape index (κ2) is 5.72. The van der Waals surface area contributed by atoms with E-state index in [-0.39, 0.29) is 5.96 Å². The quantitative estimate of drug-likeness (QED) is 0.438. The highest BCUT2D eigenvalue weighted by atomic mass is 16.5. The molecule has 0 amide bonds. The number of ether oxygens (including phenoxy) is 1. The van der Waals surface area contributed by atoms with Crippen molar-refractivity contribution in [3.05, 3.63) is 48.3 Å². The summed E-state index contributed by atoms with van der Waals surface area (Å²) in [6, 6.07) is 11.5. The minimum atomic E-state index is -0.198. The van der Waals surface area contributed by atoms with Gasteiger partial charge in [0.1, 0.15) is 5.75 Å². The first kappa shape index (κ1) is 12.7. The van der Waals surface area contributed by atoms with Crippen molar-refractivity contribution in [1.82, 2.24) is 9.99 Å². The topological polar surface area (TPSA) is 88.4 Å². The molecule has 0 spiro atoms. The maximum Gasteiger partial charge on any atom is 0.206 e. The molecule has 0 radical (unpaired) electrons. The Morgan fingerprint density at radius 3 is 3.00 bits per heavy atom. The molecule has 2 aromatic rings. The number of methoxy groups -OCH3 is 1. The van der Waals surface area contributed by atoms with Gasteiger partial charge < -0.3 is 15.0 Å². The average Bonchev–Trinajstić information content (AvgIpc) is 2.87. The van der Waals surface area contributed by atoms with Crippen LogP contribution in [0.3, 0.4) is 0 Å². The highest BCUT2D eigenvalue weighted by molar-refractivity contribution is 5.81. The van der Waals surface area contributed by atoms with Gasteiger partial charge in [0.05, 0.1) is 19.0 Å². The van der Waals surface area contributed by atoms with E-state index in [1.807, 2.05) is 47.2 Å². The summed E-state index contributed by atoms with van der Waals surface area (Å²) in [5.41, 5.74) is 9.36. The summed E-state index contributed by atoms with van der Waals surface area (Å²) in [4.78, 5) is 0. The summed E-state index contributed by atoms with van der Waals surface area (Å²) >= 11 is 0. The third-order valence-corrected chi connectivity index (χ3v) is 2.49. The largest absolute Gasteiger partial charge is 0.497 e. The van der Waals surface area contributed by atoms with Gasteiger partial charge in [-0.15, -0.1) is 0 Å². The van der Waals surface area contributed by atoms with E-state index in [0.717, 1.165) is 17.1 Å². The Morgan fingerprint density at radius 1 is 1.42 bits per heavy atom. The second-order valence-electron chi connectivity index (χ2n) is 3.79. The van der Waals surface area contributed by atoms with Crippen LogP contribution in [0.5, 0.6) is 5.75 Å². The van der Waals surface area contributed by atoms with E-state index in [0.29, 0.717) is 0 Å². The summed E-state index contributed by atoms with van der Waals surface area (Å²) in [6.45, 7) is 0. The van der Waals surface area contributed by atoms with Gasteiger partial charge in [-0.2, -0.15) is 5.10 Å². The first-order valence-corrected chi connectivity index (χ1v) is 5.65. The molecule has 0 atom stereocenters. The normalized spacial score (nSPS) is 10.6. The standard InChI is InChI=1S/C13H15N5O/c1-19-12-6-2-4-10(8-12)18-7-3-5-11(18)9-16-17-13(14)15/h2-9H,1H3,(H4,14,15,17). The van der Waals surface area contributed by atoms with Crippen LogP contribution >= 0.6 is 0 Å². The minimum absolute atomic E-state index is 0.198. The molecule has 0 aliphatic rings. The lowest BCUT2D eigenvalue weighted by atomic mass is 10.3. The van der Waals surface area contributed by atoms with Crippen molar-refractivity contribution in [3.63, 3.8) is 0 Å². The molecule has 0 aliphatic heterocycles. The predicted octanol–water partition coefficient (Wildman–Crippen LogP) is 1.30. The predicted molar refractivity (Wildman–Crippen MR) is 75.0 cm³/mol. The van der Waals surface area contributed by atoms with E-state index in [1.165, 1.54) is 0 Å². The summed E-state index contributed by atoms with van der Waals surface area (Å²) in [7, 11) is 1.63. The fourth-order valence-electron chi connectivity index (χ4n) is 1.66. The number of guanidine groups is 1. The number of hydrogen-bond acceptors (Lipinski definition) is 3. The van der Waals surface area contributed by atoms with E-state index in [4.69, 9.17) is 15.9 Å². The zero-order valence-electron chi connectivity index (χ0n) is 10.5. The minimum Gasteiger partial charge on any atom is -0.497 e. The molecule has 0 fully saturated rings. The van der Waals surface area contributed by atoms with Crippen LogP contribution in [0.25, 0.3) is 5.69 Å². The molecule has 1 aromatic heterocycles. The van der Waals surface area contributed by atoms with Gasteiger partial charge in [0.2, 0.25) is 5.96 Å². The Kier molecular flexibility index (Phi) is 3.82. The van der Waals surface area contributed by atoms with Crippen molar-refractivity contribution in [2.24, 2.45) is 10.8 Å². The zero-order valence-corrected chi connectivity index (χ0v) is 10.5. The summed E-state index contributed by atoms with van der Waals surface area (Å²) in [5.74, 6) is 0.590. The number of hydrogen-bond donors (Lipinski definition) is 3. The Bertz CT molecular complexity index is 603. The van der Waals surface area contributed by atoms with Crippen LogP contribution in [0.1, 0.15) is 5.69 Å². The van der Waals surface area contributed by atoms with Crippen LogP contribution in [0.15, 0.2) is 47.7 Å². The van der Waals surface area contributed by atoms with Crippen LogP contribution in [0, 0.1) is 5.41 Å². The van der Waals surface area contributed by atoms with Crippen molar-refractivity contribution in [3.8, 4) is 11.4 Å². The van der Waals surface area contributed by atoms with E-state index >= 15 is 0 Å². The first-order valence-electron chi connectivity index (χ1n) is 5.65. The van der Waals surface area contributed by atoms with Crippen molar-refractivity contribution < 1.29 is 4.74 Å². The molecule has 0 saturated heterocycles. The van der Waals surface area contributed by atoms with Crippen LogP contribution in [-0.2, 0) is 0 Å². The van der Waals surface area contributed by atoms with Gasteiger partial charge in [-0.05, 0) is 24.3 Å². The van der Waals surface area contributed by atoms with E-state index in [1.54, 1.807) is 13.3 Å².